The van der Waals surface area contributed by atoms with Gasteiger partial charge in [-0.1, -0.05) is 17.7 Å². The molecule has 1 amide bonds. The van der Waals surface area contributed by atoms with Crippen LogP contribution in [0.2, 0.25) is 5.02 Å². The van der Waals surface area contributed by atoms with E-state index in [0.29, 0.717) is 23.6 Å². The van der Waals surface area contributed by atoms with Gasteiger partial charge in [0.25, 0.3) is 5.91 Å². The molecule has 0 radical (unpaired) electrons. The summed E-state index contributed by atoms with van der Waals surface area (Å²) in [6.45, 7) is 0.529. The summed E-state index contributed by atoms with van der Waals surface area (Å²) < 4.78 is 1.86. The Hall–Kier alpha value is -2.22. The molecule has 3 heterocycles. The molecule has 0 spiro atoms. The molecule has 1 aromatic carbocycles. The molecule has 0 aliphatic carbocycles. The lowest BCUT2D eigenvalue weighted by atomic mass is 10.2. The van der Waals surface area contributed by atoms with Crippen molar-refractivity contribution in [3.8, 4) is 10.7 Å². The molecule has 0 atom stereocenters. The van der Waals surface area contributed by atoms with Crippen LogP contribution in [-0.4, -0.2) is 27.0 Å². The van der Waals surface area contributed by atoms with Gasteiger partial charge in [0.1, 0.15) is 0 Å². The van der Waals surface area contributed by atoms with Gasteiger partial charge in [-0.05, 0) is 35.7 Å². The van der Waals surface area contributed by atoms with E-state index in [1.165, 1.54) is 0 Å². The molecule has 0 unspecified atom stereocenters. The number of fused-ring (bicyclic) bond motifs is 1. The van der Waals surface area contributed by atoms with Gasteiger partial charge in [-0.2, -0.15) is 4.98 Å². The molecule has 0 bridgehead atoms. The highest BCUT2D eigenvalue weighted by atomic mass is 35.5. The third-order valence-electron chi connectivity index (χ3n) is 3.66. The first kappa shape index (κ1) is 16.3. The highest BCUT2D eigenvalue weighted by molar-refractivity contribution is 7.15. The quantitative estimate of drug-likeness (QED) is 0.558. The monoisotopic (exact) mass is 388 g/mol. The van der Waals surface area contributed by atoms with Gasteiger partial charge < -0.3 is 5.32 Å². The summed E-state index contributed by atoms with van der Waals surface area (Å²) in [5.74, 6) is 0.634. The van der Waals surface area contributed by atoms with Gasteiger partial charge in [-0.15, -0.1) is 27.8 Å². The van der Waals surface area contributed by atoms with Crippen molar-refractivity contribution < 1.29 is 4.79 Å². The van der Waals surface area contributed by atoms with E-state index in [1.54, 1.807) is 46.9 Å². The smallest absolute Gasteiger partial charge is 0.251 e. The summed E-state index contributed by atoms with van der Waals surface area (Å²) in [5, 5.41) is 12.2. The first-order chi connectivity index (χ1) is 12.2. The van der Waals surface area contributed by atoms with E-state index in [2.05, 4.69) is 15.4 Å². The highest BCUT2D eigenvalue weighted by Crippen LogP contribution is 2.24. The molecule has 0 aliphatic rings. The summed E-state index contributed by atoms with van der Waals surface area (Å²) in [6, 6.07) is 10.8. The van der Waals surface area contributed by atoms with E-state index in [4.69, 9.17) is 11.6 Å². The van der Waals surface area contributed by atoms with Crippen LogP contribution in [-0.2, 0) is 6.42 Å². The molecular formula is C17H13ClN4OS2. The average molecular weight is 389 g/mol. The van der Waals surface area contributed by atoms with Crippen LogP contribution < -0.4 is 5.32 Å². The summed E-state index contributed by atoms with van der Waals surface area (Å²) in [5.41, 5.74) is 1.63. The number of rotatable bonds is 5. The fraction of sp³-hybridized carbons (Fsp3) is 0.118. The Morgan fingerprint density at radius 2 is 2.04 bits per heavy atom. The number of halogens is 1. The van der Waals surface area contributed by atoms with E-state index in [-0.39, 0.29) is 5.91 Å². The highest BCUT2D eigenvalue weighted by Gasteiger charge is 2.12. The number of benzene rings is 1. The number of carbonyl (C=O) groups excluding carboxylic acids is 1. The molecule has 0 aliphatic heterocycles. The molecule has 25 heavy (non-hydrogen) atoms. The molecule has 1 N–H and O–H groups in total. The standard InChI is InChI=1S/C17H13ClN4OS2/c18-12-5-3-11(4-6-12)16(23)19-8-7-13-10-25-17-20-15(21-22(13)17)14-2-1-9-24-14/h1-6,9-10H,7-8H2,(H,19,23). The van der Waals surface area contributed by atoms with E-state index in [9.17, 15) is 4.79 Å². The normalized spacial score (nSPS) is 11.1. The molecule has 4 aromatic rings. The number of carbonyl (C=O) groups is 1. The zero-order chi connectivity index (χ0) is 17.2. The Morgan fingerprint density at radius 3 is 2.80 bits per heavy atom. The van der Waals surface area contributed by atoms with Crippen molar-refractivity contribution in [1.82, 2.24) is 19.9 Å². The third-order valence-corrected chi connectivity index (χ3v) is 5.65. The van der Waals surface area contributed by atoms with Crippen molar-refractivity contribution in [1.29, 1.82) is 0 Å². The lowest BCUT2D eigenvalue weighted by molar-refractivity contribution is 0.0954. The fourth-order valence-corrected chi connectivity index (χ4v) is 4.05. The molecule has 4 rings (SSSR count). The Balaban J connectivity index is 1.42. The lowest BCUT2D eigenvalue weighted by Crippen LogP contribution is -2.25. The van der Waals surface area contributed by atoms with Crippen molar-refractivity contribution in [2.45, 2.75) is 6.42 Å². The minimum absolute atomic E-state index is 0.110. The van der Waals surface area contributed by atoms with Crippen molar-refractivity contribution in [3.05, 3.63) is 63.4 Å². The van der Waals surface area contributed by atoms with Crippen LogP contribution in [0.1, 0.15) is 16.1 Å². The zero-order valence-corrected chi connectivity index (χ0v) is 15.4. The van der Waals surface area contributed by atoms with E-state index >= 15 is 0 Å². The van der Waals surface area contributed by atoms with Crippen LogP contribution in [0.25, 0.3) is 15.7 Å². The Labute approximate surface area is 156 Å². The first-order valence-electron chi connectivity index (χ1n) is 7.61. The molecule has 8 heteroatoms. The molecule has 0 saturated heterocycles. The van der Waals surface area contributed by atoms with Crippen LogP contribution in [0.15, 0.2) is 47.2 Å². The molecule has 5 nitrogen and oxygen atoms in total. The van der Waals surface area contributed by atoms with Crippen molar-refractivity contribution in [2.75, 3.05) is 6.54 Å². The Bertz CT molecular complexity index is 1010. The van der Waals surface area contributed by atoms with Crippen LogP contribution in [0.5, 0.6) is 0 Å². The SMILES string of the molecule is O=C(NCCc1csc2nc(-c3cccs3)nn12)c1ccc(Cl)cc1. The van der Waals surface area contributed by atoms with Gasteiger partial charge in [0.05, 0.1) is 10.6 Å². The number of thiophene rings is 1. The largest absolute Gasteiger partial charge is 0.352 e. The molecular weight excluding hydrogens is 376 g/mol. The lowest BCUT2D eigenvalue weighted by Gasteiger charge is -2.04. The van der Waals surface area contributed by atoms with Crippen LogP contribution in [0.3, 0.4) is 0 Å². The van der Waals surface area contributed by atoms with Gasteiger partial charge in [0.2, 0.25) is 4.96 Å². The second-order valence-electron chi connectivity index (χ2n) is 5.35. The molecule has 126 valence electrons. The van der Waals surface area contributed by atoms with Crippen LogP contribution >= 0.6 is 34.3 Å². The Kier molecular flexibility index (Phi) is 4.52. The minimum atomic E-state index is -0.110. The maximum atomic E-state index is 12.1. The fourth-order valence-electron chi connectivity index (χ4n) is 2.41. The minimum Gasteiger partial charge on any atom is -0.352 e. The predicted octanol–water partition coefficient (Wildman–Crippen LogP) is 4.15. The topological polar surface area (TPSA) is 59.3 Å². The summed E-state index contributed by atoms with van der Waals surface area (Å²) in [6.07, 6.45) is 0.687. The molecule has 0 fully saturated rings. The van der Waals surface area contributed by atoms with Crippen molar-refractivity contribution >= 4 is 45.1 Å². The van der Waals surface area contributed by atoms with Gasteiger partial charge in [-0.25, -0.2) is 4.52 Å². The zero-order valence-electron chi connectivity index (χ0n) is 13.0. The van der Waals surface area contributed by atoms with Gasteiger partial charge in [-0.3, -0.25) is 4.79 Å². The first-order valence-corrected chi connectivity index (χ1v) is 9.75. The maximum Gasteiger partial charge on any atom is 0.251 e. The van der Waals surface area contributed by atoms with Crippen LogP contribution in [0, 0.1) is 0 Å². The van der Waals surface area contributed by atoms with Crippen molar-refractivity contribution in [2.24, 2.45) is 0 Å². The summed E-state index contributed by atoms with van der Waals surface area (Å²) >= 11 is 9.01. The predicted molar refractivity (Wildman–Crippen MR) is 102 cm³/mol. The number of nitrogens with zero attached hydrogens (tertiary/aromatic N) is 3. The van der Waals surface area contributed by atoms with E-state index < -0.39 is 0 Å². The average Bonchev–Trinajstić information content (AvgIpc) is 3.33. The van der Waals surface area contributed by atoms with Gasteiger partial charge in [0, 0.05) is 28.9 Å². The van der Waals surface area contributed by atoms with E-state index in [1.807, 2.05) is 27.4 Å². The van der Waals surface area contributed by atoms with Crippen molar-refractivity contribution in [3.63, 3.8) is 0 Å². The van der Waals surface area contributed by atoms with Crippen LogP contribution in [0.4, 0.5) is 0 Å². The number of aromatic nitrogens is 3. The van der Waals surface area contributed by atoms with E-state index in [0.717, 1.165) is 21.4 Å². The number of nitrogens with one attached hydrogen (secondary N) is 1. The Morgan fingerprint density at radius 1 is 1.20 bits per heavy atom. The number of hydrogen-bond acceptors (Lipinski definition) is 5. The molecule has 0 saturated carbocycles. The number of hydrogen-bond donors (Lipinski definition) is 1. The van der Waals surface area contributed by atoms with Gasteiger partial charge in [0.15, 0.2) is 5.82 Å². The molecule has 3 aromatic heterocycles. The summed E-state index contributed by atoms with van der Waals surface area (Å²) in [7, 11) is 0. The van der Waals surface area contributed by atoms with Gasteiger partial charge >= 0.3 is 0 Å². The second kappa shape index (κ2) is 6.95. The number of amides is 1. The summed E-state index contributed by atoms with van der Waals surface area (Å²) in [4.78, 5) is 18.6. The third kappa shape index (κ3) is 3.44. The second-order valence-corrected chi connectivity index (χ2v) is 7.57. The number of thiazole rings is 1. The maximum absolute atomic E-state index is 12.1.